The summed E-state index contributed by atoms with van der Waals surface area (Å²) in [6, 6.07) is 15.6. The Bertz CT molecular complexity index is 1250. The van der Waals surface area contributed by atoms with E-state index in [1.165, 1.54) is 23.3 Å². The molecule has 40 heavy (non-hydrogen) atoms. The molecule has 3 aromatic carbocycles. The Morgan fingerprint density at radius 1 is 0.800 bits per heavy atom. The van der Waals surface area contributed by atoms with Crippen LogP contribution in [0.3, 0.4) is 0 Å². The molecule has 4 rings (SSSR count). The van der Waals surface area contributed by atoms with Crippen molar-refractivity contribution in [1.82, 2.24) is 9.80 Å². The molecule has 0 spiro atoms. The van der Waals surface area contributed by atoms with E-state index in [1.807, 2.05) is 0 Å². The van der Waals surface area contributed by atoms with E-state index in [1.54, 1.807) is 17.0 Å². The number of nitrogens with one attached hydrogen (secondary N) is 1. The Labute approximate surface area is 228 Å². The molecule has 11 heteroatoms. The predicted molar refractivity (Wildman–Crippen MR) is 139 cm³/mol. The molecule has 1 aliphatic rings. The molecular formula is C29H29F6N3O2. The summed E-state index contributed by atoms with van der Waals surface area (Å²) in [5.74, 6) is 0.228. The van der Waals surface area contributed by atoms with Crippen LogP contribution in [0.1, 0.15) is 27.8 Å². The number of hydrogen-bond acceptors (Lipinski definition) is 3. The lowest BCUT2D eigenvalue weighted by molar-refractivity contribution is -0.143. The van der Waals surface area contributed by atoms with Crippen LogP contribution < -0.4 is 10.1 Å². The number of piperazine rings is 1. The minimum Gasteiger partial charge on any atom is -0.489 e. The van der Waals surface area contributed by atoms with Crippen LogP contribution in [0.5, 0.6) is 5.75 Å². The number of amides is 2. The van der Waals surface area contributed by atoms with Crippen molar-refractivity contribution in [2.45, 2.75) is 32.3 Å². The molecule has 1 N–H and O–H groups in total. The van der Waals surface area contributed by atoms with Crippen LogP contribution in [0.4, 0.5) is 36.8 Å². The van der Waals surface area contributed by atoms with Crippen molar-refractivity contribution in [2.24, 2.45) is 0 Å². The largest absolute Gasteiger partial charge is 0.489 e. The second-order valence-electron chi connectivity index (χ2n) is 9.72. The molecule has 0 unspecified atom stereocenters. The van der Waals surface area contributed by atoms with E-state index in [0.717, 1.165) is 26.1 Å². The molecule has 3 aromatic rings. The normalized spacial score (nSPS) is 14.7. The van der Waals surface area contributed by atoms with Gasteiger partial charge in [0.2, 0.25) is 0 Å². The Morgan fingerprint density at radius 2 is 1.38 bits per heavy atom. The fraction of sp³-hybridized carbons (Fsp3) is 0.345. The molecule has 0 saturated carbocycles. The van der Waals surface area contributed by atoms with Gasteiger partial charge in [-0.2, -0.15) is 26.3 Å². The molecule has 1 heterocycles. The summed E-state index contributed by atoms with van der Waals surface area (Å²) in [6.07, 6.45) is -8.91. The van der Waals surface area contributed by atoms with Gasteiger partial charge in [0.1, 0.15) is 12.4 Å². The highest BCUT2D eigenvalue weighted by Crippen LogP contribution is 2.36. The SMILES string of the molecule is Cc1ccc(CCN2CCN(C(=O)Nc3ccc(OCc4cc(C(F)(F)F)cc(C(F)(F)F)c4)cc3)CC2)cc1. The first-order chi connectivity index (χ1) is 18.9. The fourth-order valence-electron chi connectivity index (χ4n) is 4.32. The van der Waals surface area contributed by atoms with Crippen molar-refractivity contribution in [3.8, 4) is 5.75 Å². The number of halogens is 6. The first-order valence-electron chi connectivity index (χ1n) is 12.7. The van der Waals surface area contributed by atoms with Crippen molar-refractivity contribution in [1.29, 1.82) is 0 Å². The third-order valence-electron chi connectivity index (χ3n) is 6.66. The maximum atomic E-state index is 13.1. The minimum absolute atomic E-state index is 0.0757. The zero-order valence-electron chi connectivity index (χ0n) is 21.8. The highest BCUT2D eigenvalue weighted by Gasteiger charge is 2.37. The monoisotopic (exact) mass is 565 g/mol. The van der Waals surface area contributed by atoms with Gasteiger partial charge in [0.15, 0.2) is 0 Å². The minimum atomic E-state index is -4.93. The third-order valence-corrected chi connectivity index (χ3v) is 6.66. The third kappa shape index (κ3) is 8.14. The summed E-state index contributed by atoms with van der Waals surface area (Å²) in [4.78, 5) is 16.7. The first-order valence-corrected chi connectivity index (χ1v) is 12.7. The molecule has 214 valence electrons. The van der Waals surface area contributed by atoms with E-state index >= 15 is 0 Å². The van der Waals surface area contributed by atoms with Gasteiger partial charge >= 0.3 is 18.4 Å². The highest BCUT2D eigenvalue weighted by atomic mass is 19.4. The number of urea groups is 1. The van der Waals surface area contributed by atoms with Gasteiger partial charge in [0, 0.05) is 38.4 Å². The Morgan fingerprint density at radius 3 is 1.93 bits per heavy atom. The number of carbonyl (C=O) groups is 1. The molecule has 0 aliphatic carbocycles. The number of rotatable bonds is 7. The molecule has 5 nitrogen and oxygen atoms in total. The molecule has 0 bridgehead atoms. The van der Waals surface area contributed by atoms with Crippen molar-refractivity contribution in [3.05, 3.63) is 94.5 Å². The number of carbonyl (C=O) groups excluding carboxylic acids is 1. The summed E-state index contributed by atoms with van der Waals surface area (Å²) < 4.78 is 83.8. The average molecular weight is 566 g/mol. The van der Waals surface area contributed by atoms with Crippen LogP contribution in [0, 0.1) is 6.92 Å². The second-order valence-corrected chi connectivity index (χ2v) is 9.72. The lowest BCUT2D eigenvalue weighted by atomic mass is 10.1. The molecule has 0 aromatic heterocycles. The van der Waals surface area contributed by atoms with Gasteiger partial charge in [-0.25, -0.2) is 4.79 Å². The number of nitrogens with zero attached hydrogens (tertiary/aromatic N) is 2. The molecule has 0 atom stereocenters. The van der Waals surface area contributed by atoms with Gasteiger partial charge in [-0.1, -0.05) is 29.8 Å². The average Bonchev–Trinajstić information content (AvgIpc) is 2.91. The van der Waals surface area contributed by atoms with Gasteiger partial charge < -0.3 is 15.0 Å². The number of hydrogen-bond donors (Lipinski definition) is 1. The lowest BCUT2D eigenvalue weighted by Gasteiger charge is -2.34. The van der Waals surface area contributed by atoms with E-state index in [0.29, 0.717) is 30.9 Å². The zero-order chi connectivity index (χ0) is 28.9. The van der Waals surface area contributed by atoms with Gasteiger partial charge in [-0.15, -0.1) is 0 Å². The predicted octanol–water partition coefficient (Wildman–Crippen LogP) is 7.00. The molecule has 0 radical (unpaired) electrons. The van der Waals surface area contributed by atoms with E-state index < -0.39 is 30.1 Å². The number of aryl methyl sites for hydroxylation is 1. The molecular weight excluding hydrogens is 536 g/mol. The van der Waals surface area contributed by atoms with Crippen molar-refractivity contribution < 1.29 is 35.9 Å². The zero-order valence-corrected chi connectivity index (χ0v) is 21.8. The summed E-state index contributed by atoms with van der Waals surface area (Å²) in [7, 11) is 0. The van der Waals surface area contributed by atoms with Crippen LogP contribution in [0.2, 0.25) is 0 Å². The van der Waals surface area contributed by atoms with Crippen molar-refractivity contribution in [3.63, 3.8) is 0 Å². The van der Waals surface area contributed by atoms with Crippen LogP contribution >= 0.6 is 0 Å². The topological polar surface area (TPSA) is 44.8 Å². The number of benzene rings is 3. The maximum absolute atomic E-state index is 13.1. The quantitative estimate of drug-likeness (QED) is 0.314. The van der Waals surface area contributed by atoms with E-state index in [2.05, 4.69) is 41.4 Å². The van der Waals surface area contributed by atoms with Crippen LogP contribution in [-0.2, 0) is 25.4 Å². The van der Waals surface area contributed by atoms with Crippen LogP contribution in [0.25, 0.3) is 0 Å². The number of ether oxygens (including phenoxy) is 1. The molecule has 1 saturated heterocycles. The highest BCUT2D eigenvalue weighted by molar-refractivity contribution is 5.89. The lowest BCUT2D eigenvalue weighted by Crippen LogP contribution is -2.50. The van der Waals surface area contributed by atoms with Crippen molar-refractivity contribution >= 4 is 11.7 Å². The summed E-state index contributed by atoms with van der Waals surface area (Å²) >= 11 is 0. The molecule has 1 fully saturated rings. The first kappa shape index (κ1) is 29.3. The van der Waals surface area contributed by atoms with Crippen molar-refractivity contribution in [2.75, 3.05) is 38.0 Å². The van der Waals surface area contributed by atoms with E-state index in [-0.39, 0.29) is 23.4 Å². The second kappa shape index (κ2) is 12.2. The molecule has 1 aliphatic heterocycles. The standard InChI is InChI=1S/C29H29F6N3O2/c1-20-2-4-21(5-3-20)10-11-37-12-14-38(15-13-37)27(39)36-25-6-8-26(9-7-25)40-19-22-16-23(28(30,31)32)18-24(17-22)29(33,34)35/h2-9,16-18H,10-15,19H2,1H3,(H,36,39). The van der Waals surface area contributed by atoms with Gasteiger partial charge in [-0.05, 0) is 66.9 Å². The van der Waals surface area contributed by atoms with E-state index in [9.17, 15) is 31.1 Å². The van der Waals surface area contributed by atoms with Crippen LogP contribution in [-0.4, -0.2) is 48.6 Å². The Balaban J connectivity index is 1.26. The fourth-order valence-corrected chi connectivity index (χ4v) is 4.32. The van der Waals surface area contributed by atoms with E-state index in [4.69, 9.17) is 4.74 Å². The van der Waals surface area contributed by atoms with Gasteiger partial charge in [0.05, 0.1) is 11.1 Å². The summed E-state index contributed by atoms with van der Waals surface area (Å²) in [6.45, 7) is 5.16. The van der Waals surface area contributed by atoms with Gasteiger partial charge in [-0.3, -0.25) is 4.90 Å². The molecule has 2 amide bonds. The Hall–Kier alpha value is -3.73. The number of anilines is 1. The number of alkyl halides is 6. The summed E-state index contributed by atoms with van der Waals surface area (Å²) in [5.41, 5.74) is -0.0741. The smallest absolute Gasteiger partial charge is 0.416 e. The maximum Gasteiger partial charge on any atom is 0.416 e. The summed E-state index contributed by atoms with van der Waals surface area (Å²) in [5, 5.41) is 2.80. The Kier molecular flexibility index (Phi) is 8.92. The van der Waals surface area contributed by atoms with Gasteiger partial charge in [0.25, 0.3) is 0 Å². The van der Waals surface area contributed by atoms with Crippen LogP contribution in [0.15, 0.2) is 66.7 Å².